The molecule has 160 valence electrons. The Hall–Kier alpha value is -3.13. The van der Waals surface area contributed by atoms with Gasteiger partial charge in [0.2, 0.25) is 11.8 Å². The van der Waals surface area contributed by atoms with Crippen LogP contribution in [0.15, 0.2) is 60.0 Å². The molecule has 1 heterocycles. The number of para-hydroxylation sites is 1. The molecule has 1 fully saturated rings. The number of hydrogen-bond donors (Lipinski definition) is 2. The molecule has 1 saturated carbocycles. The summed E-state index contributed by atoms with van der Waals surface area (Å²) in [6.45, 7) is 2.51. The number of benzene rings is 2. The van der Waals surface area contributed by atoms with E-state index in [1.807, 2.05) is 47.0 Å². The number of nitrogens with zero attached hydrogens (tertiary/aromatic N) is 3. The molecule has 2 N–H and O–H groups in total. The summed E-state index contributed by atoms with van der Waals surface area (Å²) in [5.74, 6) is 0.388. The number of aromatic nitrogens is 3. The zero-order valence-corrected chi connectivity index (χ0v) is 18.2. The fourth-order valence-electron chi connectivity index (χ4n) is 3.26. The predicted octanol–water partition coefficient (Wildman–Crippen LogP) is 3.59. The number of thioether (sulfide) groups is 1. The Bertz CT molecular complexity index is 1080. The zero-order valence-electron chi connectivity index (χ0n) is 17.4. The third-order valence-corrected chi connectivity index (χ3v) is 6.06. The molecule has 2 amide bonds. The van der Waals surface area contributed by atoms with Gasteiger partial charge in [-0.2, -0.15) is 0 Å². The molecule has 1 aromatic heterocycles. The van der Waals surface area contributed by atoms with Crippen LogP contribution >= 0.6 is 11.8 Å². The fourth-order valence-corrected chi connectivity index (χ4v) is 4.02. The summed E-state index contributed by atoms with van der Waals surface area (Å²) in [6, 6.07) is 15.7. The van der Waals surface area contributed by atoms with Crippen LogP contribution in [0.3, 0.4) is 0 Å². The summed E-state index contributed by atoms with van der Waals surface area (Å²) in [5, 5.41) is 14.7. The van der Waals surface area contributed by atoms with Crippen molar-refractivity contribution in [1.82, 2.24) is 20.1 Å². The summed E-state index contributed by atoms with van der Waals surface area (Å²) < 4.78 is 1.92. The molecule has 0 aliphatic heterocycles. The molecule has 0 radical (unpaired) electrons. The molecule has 3 aromatic rings. The highest BCUT2D eigenvalue weighted by atomic mass is 32.2. The topological polar surface area (TPSA) is 88.9 Å². The Kier molecular flexibility index (Phi) is 6.66. The maximum absolute atomic E-state index is 12.4. The molecule has 0 atom stereocenters. The number of carbonyl (C=O) groups excluding carboxylic acids is 2. The maximum Gasteiger partial charge on any atom is 0.230 e. The molecule has 7 nitrogen and oxygen atoms in total. The highest BCUT2D eigenvalue weighted by Crippen LogP contribution is 2.30. The zero-order chi connectivity index (χ0) is 21.6. The molecule has 1 aliphatic rings. The van der Waals surface area contributed by atoms with Crippen LogP contribution in [0.2, 0.25) is 0 Å². The minimum Gasteiger partial charge on any atom is -0.351 e. The van der Waals surface area contributed by atoms with E-state index in [-0.39, 0.29) is 23.5 Å². The van der Waals surface area contributed by atoms with Gasteiger partial charge >= 0.3 is 0 Å². The highest BCUT2D eigenvalue weighted by molar-refractivity contribution is 7.99. The Morgan fingerprint density at radius 1 is 1.16 bits per heavy atom. The number of hydrogen-bond acceptors (Lipinski definition) is 5. The first-order valence-electron chi connectivity index (χ1n) is 10.4. The van der Waals surface area contributed by atoms with Gasteiger partial charge in [0.15, 0.2) is 5.16 Å². The van der Waals surface area contributed by atoms with Gasteiger partial charge < -0.3 is 10.6 Å². The van der Waals surface area contributed by atoms with E-state index in [2.05, 4.69) is 33.8 Å². The molecule has 0 unspecified atom stereocenters. The van der Waals surface area contributed by atoms with Crippen LogP contribution < -0.4 is 10.6 Å². The Labute approximate surface area is 185 Å². The van der Waals surface area contributed by atoms with Crippen molar-refractivity contribution in [3.8, 4) is 5.69 Å². The van der Waals surface area contributed by atoms with Crippen molar-refractivity contribution in [2.75, 3.05) is 11.1 Å². The molecule has 0 saturated heterocycles. The average molecular weight is 436 g/mol. The lowest BCUT2D eigenvalue weighted by molar-refractivity contribution is -0.119. The van der Waals surface area contributed by atoms with Crippen LogP contribution in [0.4, 0.5) is 5.69 Å². The Balaban J connectivity index is 1.31. The van der Waals surface area contributed by atoms with E-state index < -0.39 is 0 Å². The van der Waals surface area contributed by atoms with E-state index in [1.165, 1.54) is 17.3 Å². The minimum atomic E-state index is -0.0873. The van der Waals surface area contributed by atoms with Gasteiger partial charge in [0.25, 0.3) is 0 Å². The van der Waals surface area contributed by atoms with Crippen molar-refractivity contribution in [3.05, 3.63) is 66.0 Å². The van der Waals surface area contributed by atoms with Crippen LogP contribution in [-0.4, -0.2) is 32.3 Å². The Morgan fingerprint density at radius 3 is 2.81 bits per heavy atom. The van der Waals surface area contributed by atoms with E-state index in [4.69, 9.17) is 0 Å². The quantitative estimate of drug-likeness (QED) is 0.502. The van der Waals surface area contributed by atoms with E-state index in [0.29, 0.717) is 11.7 Å². The number of nitrogens with one attached hydrogen (secondary N) is 2. The summed E-state index contributed by atoms with van der Waals surface area (Å²) in [6.07, 6.45) is 4.52. The summed E-state index contributed by atoms with van der Waals surface area (Å²) in [5.41, 5.74) is 3.93. The number of rotatable bonds is 9. The van der Waals surface area contributed by atoms with Gasteiger partial charge in [0.05, 0.1) is 11.4 Å². The van der Waals surface area contributed by atoms with Crippen LogP contribution in [0, 0.1) is 5.92 Å². The maximum atomic E-state index is 12.4. The largest absolute Gasteiger partial charge is 0.351 e. The highest BCUT2D eigenvalue weighted by Gasteiger charge is 2.29. The van der Waals surface area contributed by atoms with Crippen molar-refractivity contribution >= 4 is 29.3 Å². The molecule has 0 spiro atoms. The lowest BCUT2D eigenvalue weighted by atomic mass is 10.1. The van der Waals surface area contributed by atoms with Gasteiger partial charge in [-0.15, -0.1) is 10.2 Å². The Morgan fingerprint density at radius 2 is 2.00 bits per heavy atom. The van der Waals surface area contributed by atoms with Gasteiger partial charge in [0.1, 0.15) is 6.33 Å². The third-order valence-electron chi connectivity index (χ3n) is 5.11. The molecule has 31 heavy (non-hydrogen) atoms. The van der Waals surface area contributed by atoms with Gasteiger partial charge in [-0.1, -0.05) is 49.0 Å². The second-order valence-corrected chi connectivity index (χ2v) is 8.44. The van der Waals surface area contributed by atoms with Crippen molar-refractivity contribution in [2.45, 2.75) is 37.9 Å². The van der Waals surface area contributed by atoms with E-state index in [0.717, 1.165) is 36.2 Å². The summed E-state index contributed by atoms with van der Waals surface area (Å²) >= 11 is 1.35. The van der Waals surface area contributed by atoms with Gasteiger partial charge in [0, 0.05) is 18.2 Å². The molecule has 2 aromatic carbocycles. The SMILES string of the molecule is CCc1ccccc1-n1cnnc1SCC(=O)NCc1cccc(NC(=O)C2CC2)c1. The van der Waals surface area contributed by atoms with Crippen LogP contribution in [-0.2, 0) is 22.6 Å². The molecular formula is C23H25N5O2S. The standard InChI is InChI=1S/C23H25N5O2S/c1-2-17-7-3-4-9-20(17)28-15-25-27-23(28)31-14-21(29)24-13-16-6-5-8-19(12-16)26-22(30)18-10-11-18/h3-9,12,15,18H,2,10-11,13-14H2,1H3,(H,24,29)(H,26,30). The molecule has 1 aliphatic carbocycles. The van der Waals surface area contributed by atoms with Crippen LogP contribution in [0.5, 0.6) is 0 Å². The van der Waals surface area contributed by atoms with Crippen LogP contribution in [0.25, 0.3) is 5.69 Å². The third kappa shape index (κ3) is 5.52. The van der Waals surface area contributed by atoms with Gasteiger partial charge in [-0.25, -0.2) is 0 Å². The summed E-state index contributed by atoms with van der Waals surface area (Å²) in [4.78, 5) is 24.3. The van der Waals surface area contributed by atoms with E-state index in [1.54, 1.807) is 6.33 Å². The first-order valence-corrected chi connectivity index (χ1v) is 11.4. The average Bonchev–Trinajstić information content (AvgIpc) is 3.55. The minimum absolute atomic E-state index is 0.0753. The number of amides is 2. The molecule has 4 rings (SSSR count). The molecule has 0 bridgehead atoms. The smallest absolute Gasteiger partial charge is 0.230 e. The van der Waals surface area contributed by atoms with Crippen molar-refractivity contribution in [1.29, 1.82) is 0 Å². The number of carbonyl (C=O) groups is 2. The first-order chi connectivity index (χ1) is 15.1. The predicted molar refractivity (Wildman–Crippen MR) is 121 cm³/mol. The number of anilines is 1. The molecular weight excluding hydrogens is 410 g/mol. The normalized spacial score (nSPS) is 13.1. The second-order valence-electron chi connectivity index (χ2n) is 7.50. The fraction of sp³-hybridized carbons (Fsp3) is 0.304. The number of aryl methyl sites for hydroxylation is 1. The van der Waals surface area contributed by atoms with Crippen molar-refractivity contribution in [2.24, 2.45) is 5.92 Å². The lowest BCUT2D eigenvalue weighted by Crippen LogP contribution is -2.24. The van der Waals surface area contributed by atoms with Crippen molar-refractivity contribution < 1.29 is 9.59 Å². The van der Waals surface area contributed by atoms with E-state index in [9.17, 15) is 9.59 Å². The van der Waals surface area contributed by atoms with Crippen molar-refractivity contribution in [3.63, 3.8) is 0 Å². The lowest BCUT2D eigenvalue weighted by Gasteiger charge is -2.11. The second kappa shape index (κ2) is 9.78. The summed E-state index contributed by atoms with van der Waals surface area (Å²) in [7, 11) is 0. The van der Waals surface area contributed by atoms with Gasteiger partial charge in [-0.05, 0) is 48.6 Å². The molecule has 8 heteroatoms. The monoisotopic (exact) mass is 435 g/mol. The van der Waals surface area contributed by atoms with Gasteiger partial charge in [-0.3, -0.25) is 14.2 Å². The van der Waals surface area contributed by atoms with E-state index >= 15 is 0 Å². The first kappa shape index (κ1) is 21.1. The van der Waals surface area contributed by atoms with Crippen LogP contribution in [0.1, 0.15) is 30.9 Å².